The highest BCUT2D eigenvalue weighted by Gasteiger charge is 2.32. The predicted molar refractivity (Wildman–Crippen MR) is 95.0 cm³/mol. The van der Waals surface area contributed by atoms with Crippen LogP contribution in [0, 0.1) is 11.3 Å². The van der Waals surface area contributed by atoms with Gasteiger partial charge in [-0.2, -0.15) is 5.26 Å². The van der Waals surface area contributed by atoms with Crippen LogP contribution < -0.4 is 0 Å². The molecule has 2 aromatic heterocycles. The van der Waals surface area contributed by atoms with E-state index in [4.69, 9.17) is 5.26 Å². The van der Waals surface area contributed by atoms with Crippen molar-refractivity contribution in [3.05, 3.63) is 76.0 Å². The topological polar surface area (TPSA) is 61.9 Å². The molecule has 1 aromatic carbocycles. The quantitative estimate of drug-likeness (QED) is 0.731. The maximum absolute atomic E-state index is 13.0. The molecule has 1 atom stereocenters. The molecule has 0 aliphatic carbocycles. The molecule has 1 aliphatic heterocycles. The molecule has 25 heavy (non-hydrogen) atoms. The van der Waals surface area contributed by atoms with Gasteiger partial charge >= 0.3 is 0 Å². The molecular weight excluding hydrogens is 332 g/mol. The molecule has 0 fully saturated rings. The summed E-state index contributed by atoms with van der Waals surface area (Å²) in [7, 11) is 0. The SMILES string of the molecule is N#Cc1nccn1CC(=O)N1CCc2sccc2C1c1ccccc1. The second-order valence-electron chi connectivity index (χ2n) is 5.94. The number of thiophene rings is 1. The van der Waals surface area contributed by atoms with Crippen LogP contribution in [0.15, 0.2) is 54.2 Å². The standard InChI is InChI=1S/C19H16N4OS/c20-12-17-21-8-10-22(17)13-18(24)23-9-6-16-15(7-11-25-16)19(23)14-4-2-1-3-5-14/h1-5,7-8,10-11,19H,6,9,13H2. The summed E-state index contributed by atoms with van der Waals surface area (Å²) in [5.41, 5.74) is 2.32. The number of aromatic nitrogens is 2. The molecule has 1 amide bonds. The van der Waals surface area contributed by atoms with E-state index in [1.165, 1.54) is 10.4 Å². The van der Waals surface area contributed by atoms with E-state index in [2.05, 4.69) is 28.6 Å². The van der Waals surface area contributed by atoms with Gasteiger partial charge in [0.1, 0.15) is 12.6 Å². The maximum atomic E-state index is 13.0. The number of imidazole rings is 1. The molecule has 5 nitrogen and oxygen atoms in total. The van der Waals surface area contributed by atoms with Gasteiger partial charge in [-0.25, -0.2) is 4.98 Å². The van der Waals surface area contributed by atoms with Crippen LogP contribution in [0.3, 0.4) is 0 Å². The predicted octanol–water partition coefficient (Wildman–Crippen LogP) is 2.99. The summed E-state index contributed by atoms with van der Waals surface area (Å²) < 4.78 is 1.60. The van der Waals surface area contributed by atoms with Gasteiger partial charge in [0.25, 0.3) is 0 Å². The van der Waals surface area contributed by atoms with Crippen LogP contribution in [0.1, 0.15) is 27.9 Å². The van der Waals surface area contributed by atoms with Gasteiger partial charge in [-0.05, 0) is 29.0 Å². The second-order valence-corrected chi connectivity index (χ2v) is 6.94. The first-order valence-corrected chi connectivity index (χ1v) is 8.98. The molecule has 3 aromatic rings. The fourth-order valence-electron chi connectivity index (χ4n) is 3.37. The Bertz CT molecular complexity index is 938. The molecule has 0 N–H and O–H groups in total. The molecule has 1 aliphatic rings. The molecule has 0 spiro atoms. The van der Waals surface area contributed by atoms with Crippen LogP contribution in [0.2, 0.25) is 0 Å². The van der Waals surface area contributed by atoms with Gasteiger partial charge in [0.05, 0.1) is 6.04 Å². The number of hydrogen-bond donors (Lipinski definition) is 0. The Morgan fingerprint density at radius 1 is 1.32 bits per heavy atom. The Balaban J connectivity index is 1.68. The van der Waals surface area contributed by atoms with Gasteiger partial charge in [-0.15, -0.1) is 11.3 Å². The lowest BCUT2D eigenvalue weighted by molar-refractivity contribution is -0.133. The first-order chi connectivity index (χ1) is 12.3. The summed E-state index contributed by atoms with van der Waals surface area (Å²) in [5.74, 6) is 0.262. The van der Waals surface area contributed by atoms with Gasteiger partial charge in [0, 0.05) is 23.8 Å². The summed E-state index contributed by atoms with van der Waals surface area (Å²) in [5, 5.41) is 11.2. The number of hydrogen-bond acceptors (Lipinski definition) is 4. The van der Waals surface area contributed by atoms with Gasteiger partial charge < -0.3 is 9.47 Å². The molecule has 0 saturated heterocycles. The van der Waals surface area contributed by atoms with E-state index in [9.17, 15) is 4.79 Å². The Morgan fingerprint density at radius 2 is 2.16 bits per heavy atom. The zero-order chi connectivity index (χ0) is 17.2. The van der Waals surface area contributed by atoms with Crippen molar-refractivity contribution in [3.8, 4) is 6.07 Å². The van der Waals surface area contributed by atoms with E-state index in [1.807, 2.05) is 29.2 Å². The van der Waals surface area contributed by atoms with Crippen molar-refractivity contribution in [1.29, 1.82) is 5.26 Å². The van der Waals surface area contributed by atoms with Crippen LogP contribution in [0.4, 0.5) is 0 Å². The lowest BCUT2D eigenvalue weighted by atomic mass is 9.93. The first-order valence-electron chi connectivity index (χ1n) is 8.10. The molecule has 3 heterocycles. The van der Waals surface area contributed by atoms with Crippen molar-refractivity contribution >= 4 is 17.2 Å². The number of benzene rings is 1. The number of rotatable bonds is 3. The summed E-state index contributed by atoms with van der Waals surface area (Å²) in [6, 6.07) is 14.2. The highest BCUT2D eigenvalue weighted by atomic mass is 32.1. The second kappa shape index (κ2) is 6.54. The van der Waals surface area contributed by atoms with E-state index in [0.29, 0.717) is 6.54 Å². The zero-order valence-corrected chi connectivity index (χ0v) is 14.3. The number of fused-ring (bicyclic) bond motifs is 1. The molecule has 4 rings (SSSR count). The Hall–Kier alpha value is -2.91. The molecule has 124 valence electrons. The zero-order valence-electron chi connectivity index (χ0n) is 13.5. The lowest BCUT2D eigenvalue weighted by Crippen LogP contribution is -2.41. The first kappa shape index (κ1) is 15.6. The van der Waals surface area contributed by atoms with E-state index >= 15 is 0 Å². The Morgan fingerprint density at radius 3 is 2.96 bits per heavy atom. The van der Waals surface area contributed by atoms with E-state index in [1.54, 1.807) is 28.3 Å². The number of nitrogens with zero attached hydrogens (tertiary/aromatic N) is 4. The van der Waals surface area contributed by atoms with Crippen molar-refractivity contribution in [2.24, 2.45) is 0 Å². The molecule has 0 bridgehead atoms. The Labute approximate surface area is 149 Å². The summed E-state index contributed by atoms with van der Waals surface area (Å²) in [6.45, 7) is 0.814. The van der Waals surface area contributed by atoms with E-state index < -0.39 is 0 Å². The summed E-state index contributed by atoms with van der Waals surface area (Å²) >= 11 is 1.75. The molecule has 1 unspecified atom stereocenters. The summed E-state index contributed by atoms with van der Waals surface area (Å²) in [6.07, 6.45) is 4.10. The average molecular weight is 348 g/mol. The lowest BCUT2D eigenvalue weighted by Gasteiger charge is -2.36. The number of nitriles is 1. The maximum Gasteiger partial charge on any atom is 0.243 e. The highest BCUT2D eigenvalue weighted by Crippen LogP contribution is 2.37. The normalized spacial score (nSPS) is 16.3. The monoisotopic (exact) mass is 348 g/mol. The Kier molecular flexibility index (Phi) is 4.08. The third-order valence-electron chi connectivity index (χ3n) is 4.52. The van der Waals surface area contributed by atoms with Gasteiger partial charge in [0.15, 0.2) is 0 Å². The smallest absolute Gasteiger partial charge is 0.243 e. The fraction of sp³-hybridized carbons (Fsp3) is 0.211. The fourth-order valence-corrected chi connectivity index (χ4v) is 4.27. The third-order valence-corrected chi connectivity index (χ3v) is 5.52. The number of carbonyl (C=O) groups excluding carboxylic acids is 1. The largest absolute Gasteiger partial charge is 0.330 e. The number of amides is 1. The van der Waals surface area contributed by atoms with E-state index in [-0.39, 0.29) is 24.3 Å². The van der Waals surface area contributed by atoms with Gasteiger partial charge in [-0.1, -0.05) is 30.3 Å². The molecule has 0 radical (unpaired) electrons. The number of carbonyl (C=O) groups is 1. The van der Waals surface area contributed by atoms with Crippen LogP contribution in [0.5, 0.6) is 0 Å². The van der Waals surface area contributed by atoms with Gasteiger partial charge in [-0.3, -0.25) is 4.79 Å². The van der Waals surface area contributed by atoms with Crippen LogP contribution >= 0.6 is 11.3 Å². The minimum atomic E-state index is -0.0715. The minimum absolute atomic E-state index is 0.000188. The summed E-state index contributed by atoms with van der Waals surface area (Å²) in [4.78, 5) is 20.3. The van der Waals surface area contributed by atoms with Crippen molar-refractivity contribution in [1.82, 2.24) is 14.5 Å². The van der Waals surface area contributed by atoms with Crippen LogP contribution in [-0.4, -0.2) is 26.9 Å². The molecule has 6 heteroatoms. The van der Waals surface area contributed by atoms with Crippen LogP contribution in [0.25, 0.3) is 0 Å². The van der Waals surface area contributed by atoms with E-state index in [0.717, 1.165) is 12.0 Å². The van der Waals surface area contributed by atoms with Crippen molar-refractivity contribution < 1.29 is 4.79 Å². The van der Waals surface area contributed by atoms with Crippen molar-refractivity contribution in [2.75, 3.05) is 6.54 Å². The highest BCUT2D eigenvalue weighted by molar-refractivity contribution is 7.10. The molecule has 0 saturated carbocycles. The molecular formula is C19H16N4OS. The van der Waals surface area contributed by atoms with Gasteiger partial charge in [0.2, 0.25) is 11.7 Å². The third kappa shape index (κ3) is 2.83. The van der Waals surface area contributed by atoms with Crippen LogP contribution in [-0.2, 0) is 17.8 Å². The van der Waals surface area contributed by atoms with Crippen molar-refractivity contribution in [3.63, 3.8) is 0 Å². The minimum Gasteiger partial charge on any atom is -0.330 e. The van der Waals surface area contributed by atoms with Crippen molar-refractivity contribution in [2.45, 2.75) is 19.0 Å². The average Bonchev–Trinajstić information content (AvgIpc) is 3.30.